The van der Waals surface area contributed by atoms with Gasteiger partial charge < -0.3 is 20.0 Å². The van der Waals surface area contributed by atoms with Crippen LogP contribution in [0.3, 0.4) is 0 Å². The Kier molecular flexibility index (Phi) is 4.12. The molecule has 0 radical (unpaired) electrons. The Bertz CT molecular complexity index is 512. The molecule has 3 N–H and O–H groups in total. The lowest BCUT2D eigenvalue weighted by molar-refractivity contribution is 0.272. The van der Waals surface area contributed by atoms with Gasteiger partial charge in [-0.15, -0.1) is 0 Å². The maximum atomic E-state index is 9.32. The zero-order valence-corrected chi connectivity index (χ0v) is 10.4. The van der Waals surface area contributed by atoms with Gasteiger partial charge in [0.15, 0.2) is 5.22 Å². The molecular formula is C13H14ClNO3. The molecule has 96 valence electrons. The maximum Gasteiger partial charge on any atom is 0.193 e. The third-order valence-electron chi connectivity index (χ3n) is 2.55. The first-order valence-electron chi connectivity index (χ1n) is 5.56. The van der Waals surface area contributed by atoms with Crippen LogP contribution in [-0.2, 0) is 0 Å². The molecule has 0 amide bonds. The molecule has 0 aliphatic rings. The zero-order chi connectivity index (χ0) is 13.0. The molecule has 2 rings (SSSR count). The van der Waals surface area contributed by atoms with Gasteiger partial charge in [0.25, 0.3) is 0 Å². The summed E-state index contributed by atoms with van der Waals surface area (Å²) in [5, 5.41) is 9.65. The van der Waals surface area contributed by atoms with Crippen molar-refractivity contribution in [2.75, 3.05) is 13.2 Å². The topological polar surface area (TPSA) is 68.6 Å². The van der Waals surface area contributed by atoms with Crippen molar-refractivity contribution in [3.63, 3.8) is 0 Å². The summed E-state index contributed by atoms with van der Waals surface area (Å²) in [6.07, 6.45) is 0. The van der Waals surface area contributed by atoms with Gasteiger partial charge in [-0.2, -0.15) is 0 Å². The number of benzene rings is 1. The normalized spacial score (nSPS) is 12.3. The van der Waals surface area contributed by atoms with Crippen LogP contribution in [0.25, 0.3) is 0 Å². The van der Waals surface area contributed by atoms with Gasteiger partial charge in [0.2, 0.25) is 0 Å². The van der Waals surface area contributed by atoms with Gasteiger partial charge in [0.05, 0.1) is 12.5 Å². The highest BCUT2D eigenvalue weighted by Crippen LogP contribution is 2.23. The van der Waals surface area contributed by atoms with Crippen LogP contribution < -0.4 is 10.5 Å². The first-order chi connectivity index (χ1) is 8.69. The Morgan fingerprint density at radius 2 is 2.17 bits per heavy atom. The monoisotopic (exact) mass is 267 g/mol. The zero-order valence-electron chi connectivity index (χ0n) is 9.67. The van der Waals surface area contributed by atoms with Crippen molar-refractivity contribution >= 4 is 11.6 Å². The van der Waals surface area contributed by atoms with E-state index in [0.717, 1.165) is 0 Å². The van der Waals surface area contributed by atoms with Crippen LogP contribution in [0.5, 0.6) is 11.5 Å². The van der Waals surface area contributed by atoms with Crippen molar-refractivity contribution in [2.45, 2.75) is 5.92 Å². The second-order valence-corrected chi connectivity index (χ2v) is 4.26. The molecule has 1 atom stereocenters. The van der Waals surface area contributed by atoms with E-state index < -0.39 is 0 Å². The number of aromatic hydroxyl groups is 1. The molecule has 0 bridgehead atoms. The molecule has 2 aromatic rings. The van der Waals surface area contributed by atoms with Crippen LogP contribution in [0.15, 0.2) is 40.8 Å². The Morgan fingerprint density at radius 3 is 2.78 bits per heavy atom. The number of hydrogen-bond acceptors (Lipinski definition) is 4. The van der Waals surface area contributed by atoms with Gasteiger partial charge in [-0.05, 0) is 35.9 Å². The van der Waals surface area contributed by atoms with E-state index in [1.807, 2.05) is 0 Å². The Morgan fingerprint density at radius 1 is 1.33 bits per heavy atom. The highest BCUT2D eigenvalue weighted by atomic mass is 35.5. The smallest absolute Gasteiger partial charge is 0.193 e. The number of ether oxygens (including phenoxy) is 1. The van der Waals surface area contributed by atoms with E-state index in [1.165, 1.54) is 0 Å². The van der Waals surface area contributed by atoms with Crippen molar-refractivity contribution in [2.24, 2.45) is 5.73 Å². The van der Waals surface area contributed by atoms with Gasteiger partial charge in [0.1, 0.15) is 17.3 Å². The molecular weight excluding hydrogens is 254 g/mol. The van der Waals surface area contributed by atoms with Crippen LogP contribution in [0.1, 0.15) is 11.7 Å². The van der Waals surface area contributed by atoms with Crippen molar-refractivity contribution in [1.82, 2.24) is 0 Å². The molecule has 4 nitrogen and oxygen atoms in total. The van der Waals surface area contributed by atoms with Crippen molar-refractivity contribution in [1.29, 1.82) is 0 Å². The summed E-state index contributed by atoms with van der Waals surface area (Å²) in [5.74, 6) is 1.38. The lowest BCUT2D eigenvalue weighted by atomic mass is 10.1. The first kappa shape index (κ1) is 12.8. The summed E-state index contributed by atoms with van der Waals surface area (Å²) in [6.45, 7) is 0.756. The minimum absolute atomic E-state index is 0.0696. The molecule has 1 aromatic carbocycles. The van der Waals surface area contributed by atoms with E-state index in [1.54, 1.807) is 36.4 Å². The summed E-state index contributed by atoms with van der Waals surface area (Å²) in [7, 11) is 0. The van der Waals surface area contributed by atoms with Crippen LogP contribution >= 0.6 is 11.6 Å². The van der Waals surface area contributed by atoms with Gasteiger partial charge in [0, 0.05) is 12.6 Å². The van der Waals surface area contributed by atoms with E-state index in [-0.39, 0.29) is 11.7 Å². The third kappa shape index (κ3) is 3.18. The van der Waals surface area contributed by atoms with Crippen LogP contribution in [0.2, 0.25) is 5.22 Å². The summed E-state index contributed by atoms with van der Waals surface area (Å²) in [5.41, 5.74) is 5.68. The number of hydrogen-bond donors (Lipinski definition) is 2. The van der Waals surface area contributed by atoms with Crippen LogP contribution in [0.4, 0.5) is 0 Å². The Hall–Kier alpha value is -1.65. The number of phenols is 1. The largest absolute Gasteiger partial charge is 0.508 e. The number of halogens is 1. The average Bonchev–Trinajstić information content (AvgIpc) is 2.77. The summed E-state index contributed by atoms with van der Waals surface area (Å²) in [4.78, 5) is 0. The fourth-order valence-corrected chi connectivity index (χ4v) is 1.74. The molecule has 0 aliphatic heterocycles. The highest BCUT2D eigenvalue weighted by Gasteiger charge is 2.15. The molecule has 0 spiro atoms. The minimum Gasteiger partial charge on any atom is -0.508 e. The predicted molar refractivity (Wildman–Crippen MR) is 69.1 cm³/mol. The van der Waals surface area contributed by atoms with Gasteiger partial charge in [-0.1, -0.05) is 6.07 Å². The molecule has 5 heteroatoms. The van der Waals surface area contributed by atoms with Crippen molar-refractivity contribution in [3.05, 3.63) is 47.4 Å². The quantitative estimate of drug-likeness (QED) is 0.874. The fraction of sp³-hybridized carbons (Fsp3) is 0.231. The fourth-order valence-electron chi connectivity index (χ4n) is 1.58. The second-order valence-electron chi connectivity index (χ2n) is 3.88. The third-order valence-corrected chi connectivity index (χ3v) is 2.75. The van der Waals surface area contributed by atoms with E-state index in [0.29, 0.717) is 29.9 Å². The summed E-state index contributed by atoms with van der Waals surface area (Å²) in [6, 6.07) is 10.1. The average molecular weight is 268 g/mol. The van der Waals surface area contributed by atoms with Crippen molar-refractivity contribution in [3.8, 4) is 11.5 Å². The minimum atomic E-state index is -0.0696. The lowest BCUT2D eigenvalue weighted by Crippen LogP contribution is -2.19. The molecule has 1 heterocycles. The molecule has 0 saturated carbocycles. The molecule has 0 fully saturated rings. The van der Waals surface area contributed by atoms with Gasteiger partial charge >= 0.3 is 0 Å². The molecule has 18 heavy (non-hydrogen) atoms. The van der Waals surface area contributed by atoms with Gasteiger partial charge in [-0.3, -0.25) is 0 Å². The Balaban J connectivity index is 1.99. The van der Waals surface area contributed by atoms with Gasteiger partial charge in [-0.25, -0.2) is 0 Å². The van der Waals surface area contributed by atoms with Crippen molar-refractivity contribution < 1.29 is 14.3 Å². The molecule has 1 aromatic heterocycles. The molecule has 1 unspecified atom stereocenters. The summed E-state index contributed by atoms with van der Waals surface area (Å²) >= 11 is 5.72. The standard InChI is InChI=1S/C13H14ClNO3/c14-13-5-4-12(18-13)9(7-15)8-17-11-3-1-2-10(16)6-11/h1-6,9,16H,7-8,15H2. The van der Waals surface area contributed by atoms with Crippen LogP contribution in [-0.4, -0.2) is 18.3 Å². The molecule has 0 aliphatic carbocycles. The number of phenolic OH excluding ortho intramolecular Hbond substituents is 1. The number of rotatable bonds is 5. The predicted octanol–water partition coefficient (Wildman–Crippen LogP) is 2.76. The molecule has 0 saturated heterocycles. The lowest BCUT2D eigenvalue weighted by Gasteiger charge is -2.13. The SMILES string of the molecule is NCC(COc1cccc(O)c1)c1ccc(Cl)o1. The van der Waals surface area contributed by atoms with Crippen LogP contribution in [0, 0.1) is 0 Å². The number of nitrogens with two attached hydrogens (primary N) is 1. The second kappa shape index (κ2) is 5.80. The Labute approximate surface area is 110 Å². The number of furan rings is 1. The van der Waals surface area contributed by atoms with E-state index >= 15 is 0 Å². The highest BCUT2D eigenvalue weighted by molar-refractivity contribution is 6.28. The van der Waals surface area contributed by atoms with E-state index in [9.17, 15) is 5.11 Å². The first-order valence-corrected chi connectivity index (χ1v) is 5.94. The summed E-state index contributed by atoms with van der Waals surface area (Å²) < 4.78 is 10.9. The van der Waals surface area contributed by atoms with E-state index in [4.69, 9.17) is 26.5 Å². The van der Waals surface area contributed by atoms with E-state index in [2.05, 4.69) is 0 Å². The maximum absolute atomic E-state index is 9.32.